The Morgan fingerprint density at radius 3 is 2.00 bits per heavy atom. The SMILES string of the molecule is CCCCC(C)NCCN(C(C)C)C(C)C. The highest BCUT2D eigenvalue weighted by molar-refractivity contribution is 4.69. The van der Waals surface area contributed by atoms with Crippen molar-refractivity contribution in [3.8, 4) is 0 Å². The molecule has 0 radical (unpaired) electrons. The van der Waals surface area contributed by atoms with Crippen molar-refractivity contribution >= 4 is 0 Å². The summed E-state index contributed by atoms with van der Waals surface area (Å²) >= 11 is 0. The minimum Gasteiger partial charge on any atom is -0.313 e. The average molecular weight is 228 g/mol. The molecule has 0 aromatic rings. The lowest BCUT2D eigenvalue weighted by Gasteiger charge is -2.31. The number of hydrogen-bond donors (Lipinski definition) is 1. The van der Waals surface area contributed by atoms with E-state index in [4.69, 9.17) is 0 Å². The Bertz CT molecular complexity index is 147. The first-order valence-corrected chi connectivity index (χ1v) is 6.98. The first-order valence-electron chi connectivity index (χ1n) is 6.98. The van der Waals surface area contributed by atoms with Crippen molar-refractivity contribution in [3.63, 3.8) is 0 Å². The number of rotatable bonds is 9. The summed E-state index contributed by atoms with van der Waals surface area (Å²) in [5.41, 5.74) is 0. The molecular formula is C14H32N2. The molecular weight excluding hydrogens is 196 g/mol. The van der Waals surface area contributed by atoms with Crippen LogP contribution in [-0.2, 0) is 0 Å². The molecule has 0 fully saturated rings. The topological polar surface area (TPSA) is 15.3 Å². The average Bonchev–Trinajstić information content (AvgIpc) is 2.20. The highest BCUT2D eigenvalue weighted by atomic mass is 15.2. The van der Waals surface area contributed by atoms with E-state index in [1.54, 1.807) is 0 Å². The predicted molar refractivity (Wildman–Crippen MR) is 74.0 cm³/mol. The van der Waals surface area contributed by atoms with Gasteiger partial charge in [-0.1, -0.05) is 19.8 Å². The quantitative estimate of drug-likeness (QED) is 0.651. The van der Waals surface area contributed by atoms with Crippen LogP contribution in [0, 0.1) is 0 Å². The van der Waals surface area contributed by atoms with Crippen molar-refractivity contribution in [2.45, 2.75) is 78.9 Å². The zero-order valence-corrected chi connectivity index (χ0v) is 12.2. The molecule has 2 heteroatoms. The molecule has 1 atom stereocenters. The molecule has 0 spiro atoms. The summed E-state index contributed by atoms with van der Waals surface area (Å²) < 4.78 is 0. The molecule has 98 valence electrons. The van der Waals surface area contributed by atoms with Gasteiger partial charge in [0.1, 0.15) is 0 Å². The van der Waals surface area contributed by atoms with Gasteiger partial charge in [0.05, 0.1) is 0 Å². The van der Waals surface area contributed by atoms with Crippen LogP contribution in [0.3, 0.4) is 0 Å². The Labute approximate surface area is 103 Å². The van der Waals surface area contributed by atoms with Crippen LogP contribution in [0.1, 0.15) is 60.8 Å². The number of hydrogen-bond acceptors (Lipinski definition) is 2. The normalized spacial score (nSPS) is 14.1. The Balaban J connectivity index is 3.69. The van der Waals surface area contributed by atoms with E-state index in [1.165, 1.54) is 19.3 Å². The smallest absolute Gasteiger partial charge is 0.0112 e. The van der Waals surface area contributed by atoms with Crippen LogP contribution in [0.25, 0.3) is 0 Å². The zero-order valence-electron chi connectivity index (χ0n) is 12.2. The van der Waals surface area contributed by atoms with Gasteiger partial charge in [0.2, 0.25) is 0 Å². The van der Waals surface area contributed by atoms with Gasteiger partial charge in [0, 0.05) is 31.2 Å². The van der Waals surface area contributed by atoms with Gasteiger partial charge in [-0.25, -0.2) is 0 Å². The Morgan fingerprint density at radius 1 is 1.00 bits per heavy atom. The Kier molecular flexibility index (Phi) is 8.96. The van der Waals surface area contributed by atoms with Gasteiger partial charge in [0.15, 0.2) is 0 Å². The highest BCUT2D eigenvalue weighted by Gasteiger charge is 2.12. The fourth-order valence-electron chi connectivity index (χ4n) is 2.17. The second-order valence-corrected chi connectivity index (χ2v) is 5.42. The number of nitrogens with one attached hydrogen (secondary N) is 1. The Hall–Kier alpha value is -0.0800. The first kappa shape index (κ1) is 15.9. The summed E-state index contributed by atoms with van der Waals surface area (Å²) in [6.07, 6.45) is 3.95. The van der Waals surface area contributed by atoms with Crippen molar-refractivity contribution in [1.82, 2.24) is 10.2 Å². The molecule has 0 rings (SSSR count). The summed E-state index contributed by atoms with van der Waals surface area (Å²) in [6, 6.07) is 1.96. The molecule has 0 saturated carbocycles. The molecule has 0 bridgehead atoms. The van der Waals surface area contributed by atoms with Gasteiger partial charge in [-0.3, -0.25) is 4.90 Å². The van der Waals surface area contributed by atoms with Crippen LogP contribution in [0.15, 0.2) is 0 Å². The van der Waals surface area contributed by atoms with Gasteiger partial charge >= 0.3 is 0 Å². The molecule has 0 amide bonds. The van der Waals surface area contributed by atoms with Gasteiger partial charge in [0.25, 0.3) is 0 Å². The van der Waals surface area contributed by atoms with Crippen LogP contribution in [0.5, 0.6) is 0 Å². The maximum atomic E-state index is 3.62. The van der Waals surface area contributed by atoms with Crippen molar-refractivity contribution in [3.05, 3.63) is 0 Å². The van der Waals surface area contributed by atoms with Crippen LogP contribution in [-0.4, -0.2) is 36.1 Å². The van der Waals surface area contributed by atoms with E-state index in [1.807, 2.05) is 0 Å². The van der Waals surface area contributed by atoms with E-state index in [-0.39, 0.29) is 0 Å². The third kappa shape index (κ3) is 7.24. The van der Waals surface area contributed by atoms with E-state index >= 15 is 0 Å². The van der Waals surface area contributed by atoms with Crippen molar-refractivity contribution in [2.75, 3.05) is 13.1 Å². The summed E-state index contributed by atoms with van der Waals surface area (Å²) in [7, 11) is 0. The van der Waals surface area contributed by atoms with Crippen LogP contribution in [0.4, 0.5) is 0 Å². The summed E-state index contributed by atoms with van der Waals surface area (Å²) in [4.78, 5) is 2.54. The first-order chi connectivity index (χ1) is 7.49. The summed E-state index contributed by atoms with van der Waals surface area (Å²) in [5.74, 6) is 0. The van der Waals surface area contributed by atoms with Crippen molar-refractivity contribution in [2.24, 2.45) is 0 Å². The Morgan fingerprint density at radius 2 is 1.56 bits per heavy atom. The maximum Gasteiger partial charge on any atom is 0.0112 e. The highest BCUT2D eigenvalue weighted by Crippen LogP contribution is 2.04. The zero-order chi connectivity index (χ0) is 12.6. The molecule has 16 heavy (non-hydrogen) atoms. The van der Waals surface area contributed by atoms with Crippen LogP contribution < -0.4 is 5.32 Å². The number of unbranched alkanes of at least 4 members (excludes halogenated alkanes) is 1. The third-order valence-electron chi connectivity index (χ3n) is 3.18. The minimum atomic E-state index is 0.646. The molecule has 0 saturated heterocycles. The molecule has 0 aliphatic carbocycles. The predicted octanol–water partition coefficient (Wildman–Crippen LogP) is 3.27. The van der Waals surface area contributed by atoms with Crippen molar-refractivity contribution in [1.29, 1.82) is 0 Å². The minimum absolute atomic E-state index is 0.646. The summed E-state index contributed by atoms with van der Waals surface area (Å²) in [5, 5.41) is 3.62. The van der Waals surface area contributed by atoms with Gasteiger partial charge in [-0.05, 0) is 41.0 Å². The second kappa shape index (κ2) is 9.00. The molecule has 1 N–H and O–H groups in total. The lowest BCUT2D eigenvalue weighted by atomic mass is 10.1. The van der Waals surface area contributed by atoms with E-state index < -0.39 is 0 Å². The molecule has 0 aliphatic heterocycles. The fourth-order valence-corrected chi connectivity index (χ4v) is 2.17. The molecule has 0 aromatic heterocycles. The molecule has 0 aliphatic rings. The van der Waals surface area contributed by atoms with E-state index in [9.17, 15) is 0 Å². The summed E-state index contributed by atoms with van der Waals surface area (Å²) in [6.45, 7) is 15.9. The van der Waals surface area contributed by atoms with Gasteiger partial charge in [-0.2, -0.15) is 0 Å². The third-order valence-corrected chi connectivity index (χ3v) is 3.18. The molecule has 0 heterocycles. The standard InChI is InChI=1S/C14H32N2/c1-7-8-9-14(6)15-10-11-16(12(2)3)13(4)5/h12-15H,7-11H2,1-6H3. The van der Waals surface area contributed by atoms with Crippen molar-refractivity contribution < 1.29 is 0 Å². The van der Waals surface area contributed by atoms with Crippen LogP contribution >= 0.6 is 0 Å². The second-order valence-electron chi connectivity index (χ2n) is 5.42. The van der Waals surface area contributed by atoms with E-state index in [0.29, 0.717) is 18.1 Å². The molecule has 2 nitrogen and oxygen atoms in total. The molecule has 1 unspecified atom stereocenters. The fraction of sp³-hybridized carbons (Fsp3) is 1.00. The largest absolute Gasteiger partial charge is 0.313 e. The monoisotopic (exact) mass is 228 g/mol. The lowest BCUT2D eigenvalue weighted by molar-refractivity contribution is 0.174. The number of nitrogens with zero attached hydrogens (tertiary/aromatic N) is 1. The van der Waals surface area contributed by atoms with E-state index in [2.05, 4.69) is 51.8 Å². The van der Waals surface area contributed by atoms with E-state index in [0.717, 1.165) is 13.1 Å². The maximum absolute atomic E-state index is 3.62. The van der Waals surface area contributed by atoms with Gasteiger partial charge in [-0.15, -0.1) is 0 Å². The van der Waals surface area contributed by atoms with Gasteiger partial charge < -0.3 is 5.32 Å². The molecule has 0 aromatic carbocycles. The van der Waals surface area contributed by atoms with Crippen LogP contribution in [0.2, 0.25) is 0 Å². The lowest BCUT2D eigenvalue weighted by Crippen LogP contribution is -2.42.